The van der Waals surface area contributed by atoms with Crippen LogP contribution in [-0.4, -0.2) is 14.7 Å². The summed E-state index contributed by atoms with van der Waals surface area (Å²) in [6.07, 6.45) is 1.61. The van der Waals surface area contributed by atoms with Gasteiger partial charge < -0.3 is 0 Å². The van der Waals surface area contributed by atoms with Crippen LogP contribution >= 0.6 is 11.5 Å². The zero-order valence-corrected chi connectivity index (χ0v) is 11.2. The molecule has 0 N–H and O–H groups in total. The van der Waals surface area contributed by atoms with Crippen molar-refractivity contribution in [2.75, 3.05) is 0 Å². The van der Waals surface area contributed by atoms with Crippen molar-refractivity contribution in [2.24, 2.45) is 0 Å². The van der Waals surface area contributed by atoms with E-state index in [1.54, 1.807) is 48.7 Å². The molecule has 98 valence electrons. The van der Waals surface area contributed by atoms with Gasteiger partial charge in [-0.1, -0.05) is 36.4 Å². The molecule has 0 aliphatic rings. The van der Waals surface area contributed by atoms with Crippen molar-refractivity contribution in [1.29, 1.82) is 0 Å². The van der Waals surface area contributed by atoms with Gasteiger partial charge in [0.15, 0.2) is 0 Å². The fourth-order valence-corrected chi connectivity index (χ4v) is 2.71. The number of carbonyl (C=O) groups excluding carboxylic acids is 1. The second kappa shape index (κ2) is 5.22. The second-order valence-electron chi connectivity index (χ2n) is 4.12. The van der Waals surface area contributed by atoms with Gasteiger partial charge in [-0.15, -0.1) is 0 Å². The first kappa shape index (κ1) is 12.5. The zero-order valence-electron chi connectivity index (χ0n) is 10.4. The van der Waals surface area contributed by atoms with Crippen LogP contribution < -0.4 is 5.56 Å². The molecular formula is C15H10N2O2S. The summed E-state index contributed by atoms with van der Waals surface area (Å²) in [5.74, 6) is 0.372. The first-order chi connectivity index (χ1) is 9.75. The van der Waals surface area contributed by atoms with Gasteiger partial charge in [-0.2, -0.15) is 0 Å². The summed E-state index contributed by atoms with van der Waals surface area (Å²) < 4.78 is 1.41. The predicted octanol–water partition coefficient (Wildman–Crippen LogP) is 2.53. The molecule has 20 heavy (non-hydrogen) atoms. The lowest BCUT2D eigenvalue weighted by atomic mass is 10.1. The van der Waals surface area contributed by atoms with Crippen LogP contribution in [0.15, 0.2) is 65.6 Å². The molecule has 0 bridgehead atoms. The molecule has 0 saturated carbocycles. The maximum absolute atomic E-state index is 12.3. The summed E-state index contributed by atoms with van der Waals surface area (Å²) in [5, 5.41) is 0. The minimum absolute atomic E-state index is 0.151. The van der Waals surface area contributed by atoms with Crippen LogP contribution in [0, 0.1) is 0 Å². The molecule has 4 nitrogen and oxygen atoms in total. The number of hydrogen-bond acceptors (Lipinski definition) is 4. The van der Waals surface area contributed by atoms with E-state index in [0.717, 1.165) is 11.5 Å². The van der Waals surface area contributed by atoms with E-state index in [4.69, 9.17) is 0 Å². The van der Waals surface area contributed by atoms with Crippen molar-refractivity contribution in [3.8, 4) is 5.82 Å². The molecule has 0 unspecified atom stereocenters. The Balaban J connectivity index is 2.02. The monoisotopic (exact) mass is 282 g/mol. The topological polar surface area (TPSA) is 52.0 Å². The number of aromatic nitrogens is 2. The molecule has 0 aliphatic carbocycles. The third kappa shape index (κ3) is 2.31. The zero-order chi connectivity index (χ0) is 13.9. The molecule has 0 saturated heterocycles. The molecule has 3 rings (SSSR count). The van der Waals surface area contributed by atoms with Crippen LogP contribution in [0.25, 0.3) is 5.82 Å². The fourth-order valence-electron chi connectivity index (χ4n) is 1.81. The van der Waals surface area contributed by atoms with Gasteiger partial charge in [0.2, 0.25) is 5.78 Å². The standard InChI is InChI=1S/C15H10N2O2S/c18-14-10-12(15(19)11-6-2-1-3-7-11)20-17(14)13-8-4-5-9-16-13/h1-10H. The lowest BCUT2D eigenvalue weighted by molar-refractivity contribution is 0.104. The fraction of sp³-hybridized carbons (Fsp3) is 0. The number of hydrogen-bond donors (Lipinski definition) is 0. The Morgan fingerprint density at radius 2 is 1.80 bits per heavy atom. The van der Waals surface area contributed by atoms with Crippen molar-refractivity contribution in [3.05, 3.63) is 81.6 Å². The minimum Gasteiger partial charge on any atom is -0.288 e. The maximum atomic E-state index is 12.3. The third-order valence-electron chi connectivity index (χ3n) is 2.76. The third-order valence-corrected chi connectivity index (χ3v) is 3.81. The van der Waals surface area contributed by atoms with E-state index in [2.05, 4.69) is 4.98 Å². The van der Waals surface area contributed by atoms with Gasteiger partial charge in [0.1, 0.15) is 5.82 Å². The van der Waals surface area contributed by atoms with Gasteiger partial charge in [-0.25, -0.2) is 8.94 Å². The Bertz CT molecular complexity index is 792. The number of ketones is 1. The Labute approximate surface area is 119 Å². The quantitative estimate of drug-likeness (QED) is 0.694. The molecular weight excluding hydrogens is 272 g/mol. The number of rotatable bonds is 3. The Kier molecular flexibility index (Phi) is 3.26. The summed E-state index contributed by atoms with van der Waals surface area (Å²) in [4.78, 5) is 28.8. The lowest BCUT2D eigenvalue weighted by Gasteiger charge is -1.98. The van der Waals surface area contributed by atoms with Crippen LogP contribution in [0.1, 0.15) is 15.2 Å². The molecule has 5 heteroatoms. The van der Waals surface area contributed by atoms with Gasteiger partial charge in [0.25, 0.3) is 5.56 Å². The number of carbonyl (C=O) groups is 1. The van der Waals surface area contributed by atoms with E-state index in [-0.39, 0.29) is 11.3 Å². The molecule has 0 fully saturated rings. The van der Waals surface area contributed by atoms with E-state index in [0.29, 0.717) is 16.3 Å². The average molecular weight is 282 g/mol. The van der Waals surface area contributed by atoms with E-state index < -0.39 is 0 Å². The highest BCUT2D eigenvalue weighted by atomic mass is 32.1. The molecule has 0 atom stereocenters. The van der Waals surface area contributed by atoms with Crippen molar-refractivity contribution in [1.82, 2.24) is 8.94 Å². The van der Waals surface area contributed by atoms with E-state index in [9.17, 15) is 9.59 Å². The molecule has 0 amide bonds. The van der Waals surface area contributed by atoms with Crippen molar-refractivity contribution in [3.63, 3.8) is 0 Å². The van der Waals surface area contributed by atoms with Gasteiger partial charge >= 0.3 is 0 Å². The van der Waals surface area contributed by atoms with Crippen LogP contribution in [0.2, 0.25) is 0 Å². The Hall–Kier alpha value is -2.53. The minimum atomic E-state index is -0.243. The van der Waals surface area contributed by atoms with Crippen LogP contribution in [0.4, 0.5) is 0 Å². The normalized spacial score (nSPS) is 10.4. The Morgan fingerprint density at radius 1 is 1.05 bits per heavy atom. The maximum Gasteiger partial charge on any atom is 0.267 e. The molecule has 2 heterocycles. The molecule has 1 aromatic carbocycles. The van der Waals surface area contributed by atoms with Crippen molar-refractivity contribution >= 4 is 17.3 Å². The first-order valence-electron chi connectivity index (χ1n) is 6.00. The van der Waals surface area contributed by atoms with Crippen LogP contribution in [-0.2, 0) is 0 Å². The number of pyridine rings is 1. The average Bonchev–Trinajstić information content (AvgIpc) is 2.90. The Morgan fingerprint density at radius 3 is 2.50 bits per heavy atom. The van der Waals surface area contributed by atoms with E-state index >= 15 is 0 Å². The summed E-state index contributed by atoms with van der Waals surface area (Å²) in [6.45, 7) is 0. The predicted molar refractivity (Wildman–Crippen MR) is 77.6 cm³/mol. The van der Waals surface area contributed by atoms with Gasteiger partial charge in [-0.3, -0.25) is 9.59 Å². The molecule has 0 aliphatic heterocycles. The largest absolute Gasteiger partial charge is 0.288 e. The highest BCUT2D eigenvalue weighted by Gasteiger charge is 2.15. The number of nitrogens with zero attached hydrogens (tertiary/aromatic N) is 2. The van der Waals surface area contributed by atoms with Crippen molar-refractivity contribution in [2.45, 2.75) is 0 Å². The van der Waals surface area contributed by atoms with Gasteiger partial charge in [0, 0.05) is 17.8 Å². The summed E-state index contributed by atoms with van der Waals surface area (Å²) >= 11 is 1.11. The van der Waals surface area contributed by atoms with Crippen LogP contribution in [0.3, 0.4) is 0 Å². The summed E-state index contributed by atoms with van der Waals surface area (Å²) in [6, 6.07) is 15.6. The van der Waals surface area contributed by atoms with E-state index in [1.807, 2.05) is 6.07 Å². The molecule has 0 spiro atoms. The second-order valence-corrected chi connectivity index (χ2v) is 5.10. The van der Waals surface area contributed by atoms with Gasteiger partial charge in [-0.05, 0) is 23.7 Å². The lowest BCUT2D eigenvalue weighted by Crippen LogP contribution is -2.10. The van der Waals surface area contributed by atoms with E-state index in [1.165, 1.54) is 10.0 Å². The first-order valence-corrected chi connectivity index (χ1v) is 6.77. The van der Waals surface area contributed by atoms with Crippen LogP contribution in [0.5, 0.6) is 0 Å². The molecule has 3 aromatic rings. The SMILES string of the molecule is O=C(c1ccccc1)c1cc(=O)n(-c2ccccn2)s1. The summed E-state index contributed by atoms with van der Waals surface area (Å²) in [7, 11) is 0. The number of benzene rings is 1. The molecule has 2 aromatic heterocycles. The van der Waals surface area contributed by atoms with Gasteiger partial charge in [0.05, 0.1) is 4.88 Å². The highest BCUT2D eigenvalue weighted by Crippen LogP contribution is 2.15. The molecule has 0 radical (unpaired) electrons. The summed E-state index contributed by atoms with van der Waals surface area (Å²) in [5.41, 5.74) is 0.329. The highest BCUT2D eigenvalue weighted by molar-refractivity contribution is 7.09. The smallest absolute Gasteiger partial charge is 0.267 e. The van der Waals surface area contributed by atoms with Crippen molar-refractivity contribution < 1.29 is 4.79 Å².